The molecule has 10 nitrogen and oxygen atoms in total. The van der Waals surface area contributed by atoms with E-state index in [9.17, 15) is 24.3 Å². The van der Waals surface area contributed by atoms with Crippen molar-refractivity contribution in [2.75, 3.05) is 26.4 Å². The van der Waals surface area contributed by atoms with E-state index < -0.39 is 24.2 Å². The smallest absolute Gasteiger partial charge is 0.407 e. The van der Waals surface area contributed by atoms with E-state index in [1.807, 2.05) is 60.7 Å². The third kappa shape index (κ3) is 8.89. The number of nitrogens with one attached hydrogen (secondary N) is 2. The molecule has 226 valence electrons. The fraction of sp³-hybridized carbons (Fsp3) is 0.333. The molecule has 10 heteroatoms. The van der Waals surface area contributed by atoms with Crippen molar-refractivity contribution >= 4 is 23.9 Å². The summed E-state index contributed by atoms with van der Waals surface area (Å²) in [7, 11) is 0. The second kappa shape index (κ2) is 15.5. The first-order chi connectivity index (χ1) is 20.8. The number of benzene rings is 3. The minimum atomic E-state index is -1.16. The number of Topliss-reactive ketones (excluding diaryl/α,β-unsaturated/α-hetero) is 1. The average molecular weight is 589 g/mol. The lowest BCUT2D eigenvalue weighted by Crippen LogP contribution is -2.41. The molecule has 3 aromatic carbocycles. The number of hydrogen-bond donors (Lipinski definition) is 3. The molecule has 2 amide bonds. The van der Waals surface area contributed by atoms with Gasteiger partial charge in [0.25, 0.3) is 0 Å². The Morgan fingerprint density at radius 2 is 1.47 bits per heavy atom. The van der Waals surface area contributed by atoms with Crippen molar-refractivity contribution < 1.29 is 38.5 Å². The van der Waals surface area contributed by atoms with E-state index in [1.54, 1.807) is 12.1 Å². The molecule has 43 heavy (non-hydrogen) atoms. The molecule has 0 fully saturated rings. The number of fused-ring (bicyclic) bond motifs is 3. The Bertz CT molecular complexity index is 1380. The van der Waals surface area contributed by atoms with Gasteiger partial charge in [0.2, 0.25) is 0 Å². The first kappa shape index (κ1) is 31.2. The van der Waals surface area contributed by atoms with Crippen molar-refractivity contribution in [1.82, 2.24) is 10.6 Å². The number of carboxylic acid groups (broad SMARTS) is 1. The summed E-state index contributed by atoms with van der Waals surface area (Å²) >= 11 is 0. The van der Waals surface area contributed by atoms with Gasteiger partial charge >= 0.3 is 18.2 Å². The molecular formula is C33H36N2O8. The maximum absolute atomic E-state index is 12.5. The van der Waals surface area contributed by atoms with Crippen molar-refractivity contribution in [2.45, 2.75) is 44.8 Å². The Labute approximate surface area is 250 Å². The number of rotatable bonds is 15. The molecule has 1 aliphatic rings. The van der Waals surface area contributed by atoms with E-state index >= 15 is 0 Å². The van der Waals surface area contributed by atoms with Gasteiger partial charge in [-0.25, -0.2) is 14.4 Å². The number of carboxylic acids is 1. The van der Waals surface area contributed by atoms with Crippen molar-refractivity contribution in [1.29, 1.82) is 0 Å². The third-order valence-corrected chi connectivity index (χ3v) is 7.21. The van der Waals surface area contributed by atoms with Crippen LogP contribution in [0.15, 0.2) is 72.8 Å². The van der Waals surface area contributed by atoms with Crippen LogP contribution in [0.2, 0.25) is 0 Å². The van der Waals surface area contributed by atoms with Gasteiger partial charge in [-0.1, -0.05) is 72.8 Å². The van der Waals surface area contributed by atoms with Gasteiger partial charge in [-0.15, -0.1) is 0 Å². The molecule has 1 aliphatic carbocycles. The minimum absolute atomic E-state index is 0.00112. The third-order valence-electron chi connectivity index (χ3n) is 7.21. The summed E-state index contributed by atoms with van der Waals surface area (Å²) in [5.74, 6) is -1.28. The van der Waals surface area contributed by atoms with Crippen LogP contribution in [0.1, 0.15) is 59.2 Å². The molecule has 0 spiro atoms. The molecule has 0 heterocycles. The molecule has 0 aliphatic heterocycles. The molecule has 0 bridgehead atoms. The van der Waals surface area contributed by atoms with E-state index in [4.69, 9.17) is 14.2 Å². The summed E-state index contributed by atoms with van der Waals surface area (Å²) in [6.45, 7) is 2.51. The number of carbonyl (C=O) groups excluding carboxylic acids is 3. The number of alkyl carbamates (subject to hydrolysis) is 2. The lowest BCUT2D eigenvalue weighted by atomic mass is 9.98. The Morgan fingerprint density at radius 1 is 0.814 bits per heavy atom. The van der Waals surface area contributed by atoms with E-state index in [0.29, 0.717) is 31.6 Å². The van der Waals surface area contributed by atoms with Gasteiger partial charge in [-0.05, 0) is 54.0 Å². The number of amides is 2. The van der Waals surface area contributed by atoms with Crippen LogP contribution in [0.4, 0.5) is 9.59 Å². The second-order valence-corrected chi connectivity index (χ2v) is 10.2. The largest absolute Gasteiger partial charge is 0.480 e. The second-order valence-electron chi connectivity index (χ2n) is 10.2. The van der Waals surface area contributed by atoms with Gasteiger partial charge in [0.1, 0.15) is 19.3 Å². The quantitative estimate of drug-likeness (QED) is 0.161. The van der Waals surface area contributed by atoms with Crippen LogP contribution in [0.25, 0.3) is 11.1 Å². The maximum Gasteiger partial charge on any atom is 0.407 e. The van der Waals surface area contributed by atoms with Crippen LogP contribution in [-0.4, -0.2) is 61.5 Å². The van der Waals surface area contributed by atoms with E-state index in [2.05, 4.69) is 10.6 Å². The van der Waals surface area contributed by atoms with Crippen LogP contribution in [0.5, 0.6) is 0 Å². The highest BCUT2D eigenvalue weighted by Crippen LogP contribution is 2.44. The van der Waals surface area contributed by atoms with Gasteiger partial charge in [-0.2, -0.15) is 0 Å². The molecule has 0 radical (unpaired) electrons. The highest BCUT2D eigenvalue weighted by Gasteiger charge is 2.29. The minimum Gasteiger partial charge on any atom is -0.480 e. The Hall–Kier alpha value is -4.70. The highest BCUT2D eigenvalue weighted by molar-refractivity contribution is 5.94. The predicted octanol–water partition coefficient (Wildman–Crippen LogP) is 5.29. The molecule has 0 aromatic heterocycles. The zero-order valence-corrected chi connectivity index (χ0v) is 24.0. The molecule has 0 saturated heterocycles. The zero-order valence-electron chi connectivity index (χ0n) is 24.0. The summed E-state index contributed by atoms with van der Waals surface area (Å²) in [6, 6.07) is 21.9. The van der Waals surface area contributed by atoms with Crippen LogP contribution in [0.3, 0.4) is 0 Å². The van der Waals surface area contributed by atoms with Crippen LogP contribution >= 0.6 is 0 Å². The summed E-state index contributed by atoms with van der Waals surface area (Å²) in [5, 5.41) is 14.6. The standard InChI is InChI=1S/C33H36N2O8/c1-22(36)24-15-13-23(14-16-24)20-41-18-19-42-32(39)34-17-7-6-12-30(31(37)38)35-33(40)43-21-29-27-10-4-2-8-25(27)26-9-3-5-11-28(26)29/h2-5,8-11,13-16,29-30H,6-7,12,17-21H2,1H3,(H,34,39)(H,35,40)(H,37,38)/t30-/m0/s1. The lowest BCUT2D eigenvalue weighted by molar-refractivity contribution is -0.139. The Balaban J connectivity index is 1.09. The van der Waals surface area contributed by atoms with Crippen molar-refractivity contribution in [3.63, 3.8) is 0 Å². The number of ether oxygens (including phenoxy) is 3. The van der Waals surface area contributed by atoms with Gasteiger partial charge in [0, 0.05) is 18.0 Å². The highest BCUT2D eigenvalue weighted by atomic mass is 16.6. The molecule has 3 N–H and O–H groups in total. The predicted molar refractivity (Wildman–Crippen MR) is 159 cm³/mol. The number of aliphatic carboxylic acids is 1. The Kier molecular flexibility index (Phi) is 11.3. The monoisotopic (exact) mass is 588 g/mol. The molecule has 0 saturated carbocycles. The lowest BCUT2D eigenvalue weighted by Gasteiger charge is -2.17. The van der Waals surface area contributed by atoms with Gasteiger partial charge in [0.15, 0.2) is 5.78 Å². The molecule has 1 atom stereocenters. The van der Waals surface area contributed by atoms with Crippen molar-refractivity contribution in [3.8, 4) is 11.1 Å². The maximum atomic E-state index is 12.5. The zero-order chi connectivity index (χ0) is 30.6. The summed E-state index contributed by atoms with van der Waals surface area (Å²) < 4.78 is 16.0. The van der Waals surface area contributed by atoms with Gasteiger partial charge in [-0.3, -0.25) is 4.79 Å². The van der Waals surface area contributed by atoms with Crippen molar-refractivity contribution in [3.05, 3.63) is 95.1 Å². The van der Waals surface area contributed by atoms with Crippen molar-refractivity contribution in [2.24, 2.45) is 0 Å². The Morgan fingerprint density at radius 3 is 2.09 bits per heavy atom. The summed E-state index contributed by atoms with van der Waals surface area (Å²) in [4.78, 5) is 47.4. The number of carbonyl (C=O) groups is 4. The van der Waals surface area contributed by atoms with Gasteiger partial charge in [0.05, 0.1) is 13.2 Å². The molecule has 3 aromatic rings. The van der Waals surface area contributed by atoms with Crippen LogP contribution in [0, 0.1) is 0 Å². The topological polar surface area (TPSA) is 140 Å². The first-order valence-corrected chi connectivity index (χ1v) is 14.3. The first-order valence-electron chi connectivity index (χ1n) is 14.3. The number of hydrogen-bond acceptors (Lipinski definition) is 7. The van der Waals surface area contributed by atoms with Crippen LogP contribution < -0.4 is 10.6 Å². The van der Waals surface area contributed by atoms with Gasteiger partial charge < -0.3 is 30.0 Å². The normalized spacial score (nSPS) is 12.5. The SMILES string of the molecule is CC(=O)c1ccc(COCCOC(=O)NCCCC[C@H](NC(=O)OCC2c3ccccc3-c3ccccc32)C(=O)O)cc1. The van der Waals surface area contributed by atoms with E-state index in [0.717, 1.165) is 27.8 Å². The van der Waals surface area contributed by atoms with E-state index in [1.165, 1.54) is 6.92 Å². The summed E-state index contributed by atoms with van der Waals surface area (Å²) in [5.41, 5.74) is 5.89. The van der Waals surface area contributed by atoms with Crippen LogP contribution in [-0.2, 0) is 25.6 Å². The summed E-state index contributed by atoms with van der Waals surface area (Å²) in [6.07, 6.45) is -0.255. The fourth-order valence-electron chi connectivity index (χ4n) is 4.97. The number of unbranched alkanes of at least 4 members (excludes halogenated alkanes) is 1. The average Bonchev–Trinajstić information content (AvgIpc) is 3.32. The molecular weight excluding hydrogens is 552 g/mol. The van der Waals surface area contributed by atoms with E-state index in [-0.39, 0.29) is 37.9 Å². The molecule has 4 rings (SSSR count). The molecule has 0 unspecified atom stereocenters. The fourth-order valence-corrected chi connectivity index (χ4v) is 4.97. The number of ketones is 1.